The highest BCUT2D eigenvalue weighted by Gasteiger charge is 2.38. The van der Waals surface area contributed by atoms with Crippen LogP contribution in [0.3, 0.4) is 0 Å². The molecule has 1 aliphatic rings. The third-order valence-corrected chi connectivity index (χ3v) is 6.33. The number of primary amides is 1. The number of fused-ring (bicyclic) bond motifs is 3. The molecule has 0 fully saturated rings. The zero-order chi connectivity index (χ0) is 25.8. The molecule has 0 heterocycles. The molecular formula is C27H25N3O6. The lowest BCUT2D eigenvalue weighted by Crippen LogP contribution is -2.50. The Kier molecular flexibility index (Phi) is 7.10. The molecule has 0 saturated carbocycles. The van der Waals surface area contributed by atoms with E-state index in [1.807, 2.05) is 48.5 Å². The summed E-state index contributed by atoms with van der Waals surface area (Å²) in [6.45, 7) is 1.79. The fraction of sp³-hybridized carbons (Fsp3) is 0.222. The summed E-state index contributed by atoms with van der Waals surface area (Å²) in [6, 6.07) is 19.3. The molecule has 36 heavy (non-hydrogen) atoms. The van der Waals surface area contributed by atoms with Crippen molar-refractivity contribution in [2.24, 2.45) is 5.73 Å². The number of nitrogens with two attached hydrogens (primary N) is 1. The van der Waals surface area contributed by atoms with Gasteiger partial charge in [0.15, 0.2) is 0 Å². The van der Waals surface area contributed by atoms with Crippen molar-refractivity contribution in [1.29, 1.82) is 0 Å². The molecule has 2 amide bonds. The van der Waals surface area contributed by atoms with Crippen molar-refractivity contribution in [3.63, 3.8) is 0 Å². The monoisotopic (exact) mass is 487 g/mol. The van der Waals surface area contributed by atoms with Crippen molar-refractivity contribution in [2.75, 3.05) is 6.61 Å². The maximum atomic E-state index is 13.7. The quantitative estimate of drug-likeness (QED) is 0.269. The van der Waals surface area contributed by atoms with Gasteiger partial charge >= 0.3 is 5.97 Å². The molecule has 4 rings (SSSR count). The molecule has 0 saturated heterocycles. The Morgan fingerprint density at radius 3 is 2.03 bits per heavy atom. The van der Waals surface area contributed by atoms with Gasteiger partial charge in [-0.3, -0.25) is 24.5 Å². The second kappa shape index (κ2) is 10.4. The third-order valence-electron chi connectivity index (χ3n) is 6.33. The Hall–Kier alpha value is -4.53. The van der Waals surface area contributed by atoms with Crippen LogP contribution in [0, 0.1) is 10.1 Å². The van der Waals surface area contributed by atoms with Crippen LogP contribution in [0.15, 0.2) is 72.8 Å². The van der Waals surface area contributed by atoms with Gasteiger partial charge in [0.2, 0.25) is 11.8 Å². The van der Waals surface area contributed by atoms with Crippen LogP contribution in [0.25, 0.3) is 11.1 Å². The van der Waals surface area contributed by atoms with Gasteiger partial charge in [0, 0.05) is 18.1 Å². The lowest BCUT2D eigenvalue weighted by atomic mass is 9.86. The second-order valence-corrected chi connectivity index (χ2v) is 8.46. The minimum absolute atomic E-state index is 0.134. The SMILES string of the molecule is CCOC(=O)C[C@H](c1ccc([N+](=O)[O-])cc1)[C@H](NC(=O)C1c2ccccc2-c2ccccc21)C(N)=O. The number of carbonyl (C=O) groups is 3. The van der Waals surface area contributed by atoms with E-state index in [0.29, 0.717) is 5.56 Å². The molecule has 0 aliphatic heterocycles. The lowest BCUT2D eigenvalue weighted by Gasteiger charge is -2.27. The summed E-state index contributed by atoms with van der Waals surface area (Å²) in [5.41, 5.74) is 9.48. The molecule has 2 atom stereocenters. The van der Waals surface area contributed by atoms with Crippen LogP contribution < -0.4 is 11.1 Å². The van der Waals surface area contributed by atoms with Crippen molar-refractivity contribution < 1.29 is 24.0 Å². The highest BCUT2D eigenvalue weighted by Crippen LogP contribution is 2.44. The van der Waals surface area contributed by atoms with E-state index in [1.165, 1.54) is 24.3 Å². The fourth-order valence-corrected chi connectivity index (χ4v) is 4.72. The van der Waals surface area contributed by atoms with E-state index in [2.05, 4.69) is 5.32 Å². The van der Waals surface area contributed by atoms with Gasteiger partial charge in [0.1, 0.15) is 6.04 Å². The molecule has 0 spiro atoms. The molecule has 3 N–H and O–H groups in total. The predicted molar refractivity (Wildman–Crippen MR) is 132 cm³/mol. The Labute approximate surface area is 207 Å². The van der Waals surface area contributed by atoms with E-state index in [9.17, 15) is 24.5 Å². The highest BCUT2D eigenvalue weighted by molar-refractivity contribution is 5.98. The zero-order valence-electron chi connectivity index (χ0n) is 19.5. The molecule has 9 nitrogen and oxygen atoms in total. The Balaban J connectivity index is 1.69. The van der Waals surface area contributed by atoms with Crippen molar-refractivity contribution in [3.05, 3.63) is 99.6 Å². The number of carbonyl (C=O) groups excluding carboxylic acids is 3. The van der Waals surface area contributed by atoms with Crippen molar-refractivity contribution >= 4 is 23.5 Å². The molecule has 9 heteroatoms. The number of nitrogens with one attached hydrogen (secondary N) is 1. The smallest absolute Gasteiger partial charge is 0.306 e. The number of hydrogen-bond donors (Lipinski definition) is 2. The number of nitro groups is 1. The van der Waals surface area contributed by atoms with E-state index in [4.69, 9.17) is 10.5 Å². The van der Waals surface area contributed by atoms with Crippen molar-refractivity contribution in [3.8, 4) is 11.1 Å². The fourth-order valence-electron chi connectivity index (χ4n) is 4.72. The minimum atomic E-state index is -1.26. The summed E-state index contributed by atoms with van der Waals surface area (Å²) in [6.07, 6.45) is -0.253. The number of nitrogens with zero attached hydrogens (tertiary/aromatic N) is 1. The van der Waals surface area contributed by atoms with Crippen LogP contribution >= 0.6 is 0 Å². The number of hydrogen-bond acceptors (Lipinski definition) is 6. The van der Waals surface area contributed by atoms with E-state index >= 15 is 0 Å². The lowest BCUT2D eigenvalue weighted by molar-refractivity contribution is -0.384. The highest BCUT2D eigenvalue weighted by atomic mass is 16.6. The van der Waals surface area contributed by atoms with Gasteiger partial charge in [-0.05, 0) is 34.7 Å². The number of benzene rings is 3. The summed E-state index contributed by atoms with van der Waals surface area (Å²) in [5.74, 6) is -3.42. The number of non-ortho nitro benzene ring substituents is 1. The first-order valence-corrected chi connectivity index (χ1v) is 11.5. The summed E-state index contributed by atoms with van der Waals surface area (Å²) < 4.78 is 5.07. The van der Waals surface area contributed by atoms with Gasteiger partial charge in [-0.1, -0.05) is 60.7 Å². The minimum Gasteiger partial charge on any atom is -0.466 e. The topological polar surface area (TPSA) is 142 Å². The molecule has 0 bridgehead atoms. The average molecular weight is 488 g/mol. The molecule has 0 aromatic heterocycles. The van der Waals surface area contributed by atoms with E-state index < -0.39 is 40.6 Å². The maximum absolute atomic E-state index is 13.7. The molecule has 184 valence electrons. The van der Waals surface area contributed by atoms with Gasteiger partial charge in [0.25, 0.3) is 5.69 Å². The van der Waals surface area contributed by atoms with Crippen molar-refractivity contribution in [1.82, 2.24) is 5.32 Å². The van der Waals surface area contributed by atoms with Crippen LogP contribution in [0.5, 0.6) is 0 Å². The van der Waals surface area contributed by atoms with Crippen LogP contribution in [-0.2, 0) is 19.1 Å². The first-order valence-electron chi connectivity index (χ1n) is 11.5. The van der Waals surface area contributed by atoms with Gasteiger partial charge in [0.05, 0.1) is 23.9 Å². The van der Waals surface area contributed by atoms with Crippen molar-refractivity contribution in [2.45, 2.75) is 31.2 Å². The van der Waals surface area contributed by atoms with Crippen LogP contribution in [-0.4, -0.2) is 35.4 Å². The van der Waals surface area contributed by atoms with Crippen LogP contribution in [0.4, 0.5) is 5.69 Å². The number of rotatable bonds is 9. The van der Waals surface area contributed by atoms with Crippen LogP contribution in [0.2, 0.25) is 0 Å². The molecule has 0 unspecified atom stereocenters. The summed E-state index contributed by atoms with van der Waals surface area (Å²) >= 11 is 0. The van der Waals surface area contributed by atoms with Gasteiger partial charge < -0.3 is 15.8 Å². The maximum Gasteiger partial charge on any atom is 0.306 e. The van der Waals surface area contributed by atoms with Gasteiger partial charge in [-0.2, -0.15) is 0 Å². The van der Waals surface area contributed by atoms with Crippen LogP contribution in [0.1, 0.15) is 41.9 Å². The summed E-state index contributed by atoms with van der Waals surface area (Å²) in [4.78, 5) is 49.2. The molecule has 0 radical (unpaired) electrons. The molecular weight excluding hydrogens is 462 g/mol. The van der Waals surface area contributed by atoms with E-state index in [1.54, 1.807) is 6.92 Å². The molecule has 1 aliphatic carbocycles. The van der Waals surface area contributed by atoms with Gasteiger partial charge in [-0.15, -0.1) is 0 Å². The first-order chi connectivity index (χ1) is 17.3. The summed E-state index contributed by atoms with van der Waals surface area (Å²) in [7, 11) is 0. The number of esters is 1. The summed E-state index contributed by atoms with van der Waals surface area (Å²) in [5, 5.41) is 13.8. The van der Waals surface area contributed by atoms with E-state index in [-0.39, 0.29) is 18.7 Å². The largest absolute Gasteiger partial charge is 0.466 e. The second-order valence-electron chi connectivity index (χ2n) is 8.46. The normalized spacial score (nSPS) is 13.7. The number of nitro benzene ring substituents is 1. The Morgan fingerprint density at radius 2 is 1.53 bits per heavy atom. The molecule has 3 aromatic rings. The van der Waals surface area contributed by atoms with Gasteiger partial charge in [-0.25, -0.2) is 0 Å². The Bertz CT molecular complexity index is 1280. The Morgan fingerprint density at radius 1 is 0.972 bits per heavy atom. The first kappa shape index (κ1) is 24.6. The standard InChI is InChI=1S/C27H25N3O6/c1-2-36-23(31)15-22(16-11-13-17(14-12-16)30(34)35)25(26(28)32)29-27(33)24-20-9-5-3-7-18(20)19-8-4-6-10-21(19)24/h3-14,22,24-25H,2,15H2,1H3,(H2,28,32)(H,29,33)/t22-,25+/m1/s1. The number of amides is 2. The zero-order valence-corrected chi connectivity index (χ0v) is 19.5. The predicted octanol–water partition coefficient (Wildman–Crippen LogP) is 3.41. The van der Waals surface area contributed by atoms with E-state index in [0.717, 1.165) is 22.3 Å². The number of ether oxygens (including phenoxy) is 1. The average Bonchev–Trinajstić information content (AvgIpc) is 3.21. The molecule has 3 aromatic carbocycles. The third kappa shape index (κ3) is 4.81.